The Hall–Kier alpha value is -0.340. The first-order chi connectivity index (χ1) is 7.65. The minimum Gasteiger partial charge on any atom is -0.393 e. The predicted molar refractivity (Wildman–Crippen MR) is 69.5 cm³/mol. The third-order valence-electron chi connectivity index (χ3n) is 3.82. The molecule has 1 rings (SSSR count). The van der Waals surface area contributed by atoms with Crippen molar-refractivity contribution < 1.29 is 5.11 Å². The quantitative estimate of drug-likeness (QED) is 0.555. The fourth-order valence-corrected chi connectivity index (χ4v) is 2.57. The molecule has 1 saturated heterocycles. The fraction of sp³-hybridized carbons (Fsp3) is 0.857. The van der Waals surface area contributed by atoms with E-state index in [9.17, 15) is 5.11 Å². The van der Waals surface area contributed by atoms with Crippen LogP contribution in [0, 0.1) is 5.92 Å². The smallest absolute Gasteiger partial charge is 0.0552 e. The largest absolute Gasteiger partial charge is 0.393 e. The number of nitrogens with zero attached hydrogens (tertiary/aromatic N) is 1. The van der Waals surface area contributed by atoms with Crippen molar-refractivity contribution in [1.29, 1.82) is 0 Å². The van der Waals surface area contributed by atoms with E-state index in [1.54, 1.807) is 0 Å². The van der Waals surface area contributed by atoms with E-state index in [0.717, 1.165) is 13.0 Å². The summed E-state index contributed by atoms with van der Waals surface area (Å²) in [6, 6.07) is 0.654. The van der Waals surface area contributed by atoms with E-state index in [1.807, 2.05) is 13.0 Å². The summed E-state index contributed by atoms with van der Waals surface area (Å²) >= 11 is 0. The summed E-state index contributed by atoms with van der Waals surface area (Å²) in [5, 5.41) is 9.65. The van der Waals surface area contributed by atoms with Crippen LogP contribution in [0.5, 0.6) is 0 Å². The van der Waals surface area contributed by atoms with Crippen molar-refractivity contribution in [1.82, 2.24) is 4.90 Å². The van der Waals surface area contributed by atoms with Gasteiger partial charge < -0.3 is 10.0 Å². The molecule has 0 saturated carbocycles. The second-order valence-electron chi connectivity index (χ2n) is 5.21. The maximum atomic E-state index is 9.65. The highest BCUT2D eigenvalue weighted by Crippen LogP contribution is 2.22. The number of aliphatic hydroxyl groups excluding tert-OH is 1. The molecule has 0 bridgehead atoms. The fourth-order valence-electron chi connectivity index (χ4n) is 2.57. The van der Waals surface area contributed by atoms with Gasteiger partial charge in [-0.2, -0.15) is 0 Å². The topological polar surface area (TPSA) is 23.5 Å². The van der Waals surface area contributed by atoms with Crippen molar-refractivity contribution in [2.24, 2.45) is 5.92 Å². The monoisotopic (exact) mass is 225 g/mol. The van der Waals surface area contributed by atoms with Crippen LogP contribution in [-0.2, 0) is 0 Å². The zero-order chi connectivity index (χ0) is 12.0. The maximum absolute atomic E-state index is 9.65. The number of aliphatic hydroxyl groups is 1. The summed E-state index contributed by atoms with van der Waals surface area (Å²) in [4.78, 5) is 2.55. The van der Waals surface area contributed by atoms with E-state index in [0.29, 0.717) is 12.0 Å². The second kappa shape index (κ2) is 7.08. The lowest BCUT2D eigenvalue weighted by atomic mass is 9.92. The molecule has 0 spiro atoms. The van der Waals surface area contributed by atoms with Crippen LogP contribution in [-0.4, -0.2) is 35.2 Å². The Labute approximate surface area is 100 Å². The lowest BCUT2D eigenvalue weighted by Crippen LogP contribution is -2.44. The number of piperidine rings is 1. The standard InChI is InChI=1S/C14H27NO/c1-4-5-6-8-12(2)15-10-7-9-14(11-15)13(3)16/h4,12-14,16H,1,5-11H2,2-3H3. The van der Waals surface area contributed by atoms with Gasteiger partial charge in [0, 0.05) is 12.6 Å². The Balaban J connectivity index is 2.31. The molecule has 0 aromatic heterocycles. The van der Waals surface area contributed by atoms with E-state index < -0.39 is 0 Å². The molecule has 0 amide bonds. The zero-order valence-corrected chi connectivity index (χ0v) is 10.9. The Kier molecular flexibility index (Phi) is 6.07. The van der Waals surface area contributed by atoms with E-state index in [-0.39, 0.29) is 6.10 Å². The van der Waals surface area contributed by atoms with Crippen LogP contribution in [0.25, 0.3) is 0 Å². The summed E-state index contributed by atoms with van der Waals surface area (Å²) in [6.07, 6.45) is 7.89. The summed E-state index contributed by atoms with van der Waals surface area (Å²) in [7, 11) is 0. The number of hydrogen-bond acceptors (Lipinski definition) is 2. The van der Waals surface area contributed by atoms with Crippen LogP contribution < -0.4 is 0 Å². The van der Waals surface area contributed by atoms with Crippen molar-refractivity contribution in [3.05, 3.63) is 12.7 Å². The highest BCUT2D eigenvalue weighted by atomic mass is 16.3. The Bertz CT molecular complexity index is 203. The van der Waals surface area contributed by atoms with Crippen molar-refractivity contribution >= 4 is 0 Å². The summed E-state index contributed by atoms with van der Waals surface area (Å²) in [5.41, 5.74) is 0. The molecule has 0 aromatic rings. The van der Waals surface area contributed by atoms with Crippen LogP contribution in [0.2, 0.25) is 0 Å². The Morgan fingerprint density at radius 1 is 1.50 bits per heavy atom. The van der Waals surface area contributed by atoms with Gasteiger partial charge in [-0.3, -0.25) is 0 Å². The van der Waals surface area contributed by atoms with Gasteiger partial charge in [0.15, 0.2) is 0 Å². The molecule has 0 aromatic carbocycles. The molecular weight excluding hydrogens is 198 g/mol. The highest BCUT2D eigenvalue weighted by molar-refractivity contribution is 4.80. The van der Waals surface area contributed by atoms with Gasteiger partial charge in [0.1, 0.15) is 0 Å². The summed E-state index contributed by atoms with van der Waals surface area (Å²) < 4.78 is 0. The van der Waals surface area contributed by atoms with E-state index in [1.165, 1.54) is 32.2 Å². The SMILES string of the molecule is C=CCCCC(C)N1CCCC(C(C)O)C1. The van der Waals surface area contributed by atoms with E-state index in [4.69, 9.17) is 0 Å². The molecule has 2 nitrogen and oxygen atoms in total. The molecule has 1 N–H and O–H groups in total. The van der Waals surface area contributed by atoms with Crippen LogP contribution in [0.4, 0.5) is 0 Å². The van der Waals surface area contributed by atoms with Crippen LogP contribution in [0.15, 0.2) is 12.7 Å². The lowest BCUT2D eigenvalue weighted by molar-refractivity contribution is 0.0454. The Morgan fingerprint density at radius 3 is 2.88 bits per heavy atom. The van der Waals surface area contributed by atoms with E-state index in [2.05, 4.69) is 18.4 Å². The minimum absolute atomic E-state index is 0.150. The van der Waals surface area contributed by atoms with Gasteiger partial charge in [-0.05, 0) is 58.4 Å². The Morgan fingerprint density at radius 2 is 2.25 bits per heavy atom. The number of allylic oxidation sites excluding steroid dienone is 1. The average Bonchev–Trinajstić information content (AvgIpc) is 2.29. The normalized spacial score (nSPS) is 26.3. The van der Waals surface area contributed by atoms with Gasteiger partial charge in [-0.15, -0.1) is 6.58 Å². The van der Waals surface area contributed by atoms with Gasteiger partial charge in [0.05, 0.1) is 6.10 Å². The van der Waals surface area contributed by atoms with Gasteiger partial charge in [-0.1, -0.05) is 6.08 Å². The maximum Gasteiger partial charge on any atom is 0.0552 e. The van der Waals surface area contributed by atoms with Gasteiger partial charge in [0.25, 0.3) is 0 Å². The lowest BCUT2D eigenvalue weighted by Gasteiger charge is -2.38. The molecule has 1 heterocycles. The zero-order valence-electron chi connectivity index (χ0n) is 10.9. The van der Waals surface area contributed by atoms with Crippen molar-refractivity contribution in [2.45, 2.75) is 58.1 Å². The van der Waals surface area contributed by atoms with Gasteiger partial charge in [0.2, 0.25) is 0 Å². The summed E-state index contributed by atoms with van der Waals surface area (Å²) in [5.74, 6) is 0.482. The van der Waals surface area contributed by atoms with E-state index >= 15 is 0 Å². The van der Waals surface area contributed by atoms with Gasteiger partial charge >= 0.3 is 0 Å². The number of hydrogen-bond donors (Lipinski definition) is 1. The first-order valence-corrected chi connectivity index (χ1v) is 6.68. The molecule has 94 valence electrons. The molecule has 1 aliphatic rings. The molecule has 0 aliphatic carbocycles. The molecule has 0 radical (unpaired) electrons. The number of rotatable bonds is 6. The molecular formula is C14H27NO. The summed E-state index contributed by atoms with van der Waals surface area (Å²) in [6.45, 7) is 10.3. The second-order valence-corrected chi connectivity index (χ2v) is 5.21. The van der Waals surface area contributed by atoms with Crippen LogP contribution in [0.3, 0.4) is 0 Å². The van der Waals surface area contributed by atoms with Crippen LogP contribution in [0.1, 0.15) is 46.0 Å². The highest BCUT2D eigenvalue weighted by Gasteiger charge is 2.25. The molecule has 16 heavy (non-hydrogen) atoms. The predicted octanol–water partition coefficient (Wildman–Crippen LogP) is 2.82. The number of likely N-dealkylation sites (tertiary alicyclic amines) is 1. The number of unbranched alkanes of at least 4 members (excludes halogenated alkanes) is 1. The molecule has 3 unspecified atom stereocenters. The van der Waals surface area contributed by atoms with Crippen molar-refractivity contribution in [3.8, 4) is 0 Å². The molecule has 2 heteroatoms. The third-order valence-corrected chi connectivity index (χ3v) is 3.82. The molecule has 1 aliphatic heterocycles. The minimum atomic E-state index is -0.150. The molecule has 3 atom stereocenters. The average molecular weight is 225 g/mol. The third kappa shape index (κ3) is 4.26. The van der Waals surface area contributed by atoms with Crippen molar-refractivity contribution in [3.63, 3.8) is 0 Å². The first-order valence-electron chi connectivity index (χ1n) is 6.68. The van der Waals surface area contributed by atoms with Crippen LogP contribution >= 0.6 is 0 Å². The van der Waals surface area contributed by atoms with Crippen molar-refractivity contribution in [2.75, 3.05) is 13.1 Å². The first kappa shape index (κ1) is 13.7. The molecule has 1 fully saturated rings. The van der Waals surface area contributed by atoms with Gasteiger partial charge in [-0.25, -0.2) is 0 Å².